The third kappa shape index (κ3) is 7.23. The number of aliphatic hydroxyl groups is 1. The summed E-state index contributed by atoms with van der Waals surface area (Å²) in [4.78, 5) is 2.14. The maximum atomic E-state index is 11.0. The Morgan fingerprint density at radius 2 is 1.56 bits per heavy atom. The standard InChI is InChI=1S/C32H33N3O4/c1-34-32(39-28-16-9-4-10-17-28)30(31(33-34)26-14-7-3-8-15-26)22-35(21-29-18-11-19-38-29)20-27(36)24-37-23-25-12-5-2-6-13-25/h2-19,27,36H,20-24H2,1H3/t27-/m1/s1. The van der Waals surface area contributed by atoms with Crippen LogP contribution in [0.4, 0.5) is 0 Å². The summed E-state index contributed by atoms with van der Waals surface area (Å²) in [5.41, 5.74) is 3.83. The highest BCUT2D eigenvalue weighted by molar-refractivity contribution is 5.65. The molecule has 0 fully saturated rings. The van der Waals surface area contributed by atoms with Crippen LogP contribution in [0.5, 0.6) is 11.6 Å². The fourth-order valence-electron chi connectivity index (χ4n) is 4.52. The molecule has 1 N–H and O–H groups in total. The van der Waals surface area contributed by atoms with Crippen LogP contribution in [0.3, 0.4) is 0 Å². The van der Waals surface area contributed by atoms with Gasteiger partial charge in [0.05, 0.1) is 37.7 Å². The van der Waals surface area contributed by atoms with E-state index in [9.17, 15) is 5.11 Å². The van der Waals surface area contributed by atoms with E-state index < -0.39 is 6.10 Å². The van der Waals surface area contributed by atoms with E-state index in [1.54, 1.807) is 10.9 Å². The van der Waals surface area contributed by atoms with Gasteiger partial charge in [-0.15, -0.1) is 0 Å². The first-order chi connectivity index (χ1) is 19.2. The lowest BCUT2D eigenvalue weighted by molar-refractivity contribution is 0.00606. The van der Waals surface area contributed by atoms with E-state index >= 15 is 0 Å². The molecule has 0 aliphatic rings. The van der Waals surface area contributed by atoms with Crippen molar-refractivity contribution >= 4 is 0 Å². The molecule has 3 aromatic carbocycles. The Kier molecular flexibility index (Phi) is 8.86. The maximum Gasteiger partial charge on any atom is 0.222 e. The van der Waals surface area contributed by atoms with Crippen LogP contribution in [0.2, 0.25) is 0 Å². The fraction of sp³-hybridized carbons (Fsp3) is 0.219. The first kappa shape index (κ1) is 26.4. The number of ether oxygens (including phenoxy) is 2. The lowest BCUT2D eigenvalue weighted by Crippen LogP contribution is -2.34. The molecule has 0 aliphatic carbocycles. The lowest BCUT2D eigenvalue weighted by Gasteiger charge is -2.25. The smallest absolute Gasteiger partial charge is 0.222 e. The zero-order valence-electron chi connectivity index (χ0n) is 22.0. The topological polar surface area (TPSA) is 72.9 Å². The Balaban J connectivity index is 1.39. The van der Waals surface area contributed by atoms with Crippen LogP contribution in [-0.4, -0.2) is 39.0 Å². The van der Waals surface area contributed by atoms with Crippen LogP contribution in [0.15, 0.2) is 114 Å². The molecular formula is C32H33N3O4. The predicted octanol–water partition coefficient (Wildman–Crippen LogP) is 6.05. The first-order valence-corrected chi connectivity index (χ1v) is 13.0. The van der Waals surface area contributed by atoms with Gasteiger partial charge in [0.2, 0.25) is 5.88 Å². The molecule has 7 heteroatoms. The third-order valence-corrected chi connectivity index (χ3v) is 6.32. The van der Waals surface area contributed by atoms with Crippen molar-refractivity contribution in [1.82, 2.24) is 14.7 Å². The average molecular weight is 524 g/mol. The SMILES string of the molecule is Cn1nc(-c2ccccc2)c(CN(Cc2ccco2)C[C@@H](O)COCc2ccccc2)c1Oc1ccccc1. The predicted molar refractivity (Wildman–Crippen MR) is 150 cm³/mol. The molecule has 0 saturated carbocycles. The highest BCUT2D eigenvalue weighted by atomic mass is 16.5. The molecular weight excluding hydrogens is 490 g/mol. The molecule has 200 valence electrons. The van der Waals surface area contributed by atoms with Gasteiger partial charge in [0, 0.05) is 25.7 Å². The Bertz CT molecular complexity index is 1400. The molecule has 2 heterocycles. The van der Waals surface area contributed by atoms with Gasteiger partial charge in [-0.1, -0.05) is 78.9 Å². The van der Waals surface area contributed by atoms with Gasteiger partial charge in [-0.2, -0.15) is 5.10 Å². The summed E-state index contributed by atoms with van der Waals surface area (Å²) in [6.07, 6.45) is 0.968. The monoisotopic (exact) mass is 523 g/mol. The minimum Gasteiger partial charge on any atom is -0.468 e. The van der Waals surface area contributed by atoms with Gasteiger partial charge >= 0.3 is 0 Å². The Morgan fingerprint density at radius 3 is 2.26 bits per heavy atom. The minimum atomic E-state index is -0.695. The van der Waals surface area contributed by atoms with Crippen LogP contribution >= 0.6 is 0 Å². The van der Waals surface area contributed by atoms with E-state index in [1.165, 1.54) is 0 Å². The summed E-state index contributed by atoms with van der Waals surface area (Å²) in [6.45, 7) is 2.04. The van der Waals surface area contributed by atoms with Crippen molar-refractivity contribution in [3.05, 3.63) is 126 Å². The molecule has 0 spiro atoms. The van der Waals surface area contributed by atoms with E-state index in [0.717, 1.165) is 33.9 Å². The number of hydrogen-bond acceptors (Lipinski definition) is 6. The minimum absolute atomic E-state index is 0.218. The van der Waals surface area contributed by atoms with Gasteiger partial charge < -0.3 is 19.0 Å². The molecule has 0 saturated heterocycles. The molecule has 0 aliphatic heterocycles. The second kappa shape index (κ2) is 13.1. The van der Waals surface area contributed by atoms with Gasteiger partial charge in [-0.05, 0) is 29.8 Å². The maximum absolute atomic E-state index is 11.0. The van der Waals surface area contributed by atoms with E-state index in [1.807, 2.05) is 110 Å². The van der Waals surface area contributed by atoms with Crippen molar-refractivity contribution in [2.75, 3.05) is 13.2 Å². The molecule has 2 aromatic heterocycles. The number of hydrogen-bond donors (Lipinski definition) is 1. The van der Waals surface area contributed by atoms with Gasteiger partial charge in [-0.3, -0.25) is 4.90 Å². The highest BCUT2D eigenvalue weighted by Gasteiger charge is 2.24. The van der Waals surface area contributed by atoms with E-state index in [-0.39, 0.29) is 6.61 Å². The summed E-state index contributed by atoms with van der Waals surface area (Å²) >= 11 is 0. The van der Waals surface area contributed by atoms with Crippen molar-refractivity contribution in [2.24, 2.45) is 7.05 Å². The quantitative estimate of drug-likeness (QED) is 0.203. The summed E-state index contributed by atoms with van der Waals surface area (Å²) < 4.78 is 19.6. The normalized spacial score (nSPS) is 12.1. The number of furan rings is 1. The lowest BCUT2D eigenvalue weighted by atomic mass is 10.1. The van der Waals surface area contributed by atoms with Crippen molar-refractivity contribution in [2.45, 2.75) is 25.8 Å². The number of aliphatic hydroxyl groups excluding tert-OH is 1. The number of aryl methyl sites for hydroxylation is 1. The second-order valence-corrected chi connectivity index (χ2v) is 9.44. The second-order valence-electron chi connectivity index (χ2n) is 9.44. The van der Waals surface area contributed by atoms with Gasteiger partial charge in [0.25, 0.3) is 0 Å². The van der Waals surface area contributed by atoms with Crippen molar-refractivity contribution < 1.29 is 19.0 Å². The van der Waals surface area contributed by atoms with E-state index in [0.29, 0.717) is 32.1 Å². The molecule has 0 unspecified atom stereocenters. The fourth-order valence-corrected chi connectivity index (χ4v) is 4.52. The van der Waals surface area contributed by atoms with Gasteiger partial charge in [0.1, 0.15) is 17.2 Å². The highest BCUT2D eigenvalue weighted by Crippen LogP contribution is 2.34. The summed E-state index contributed by atoms with van der Waals surface area (Å²) in [7, 11) is 1.89. The number of rotatable bonds is 13. The number of para-hydroxylation sites is 1. The first-order valence-electron chi connectivity index (χ1n) is 13.0. The molecule has 0 amide bonds. The summed E-state index contributed by atoms with van der Waals surface area (Å²) in [5, 5.41) is 15.8. The van der Waals surface area contributed by atoms with Crippen molar-refractivity contribution in [3.8, 4) is 22.9 Å². The van der Waals surface area contributed by atoms with Gasteiger partial charge in [-0.25, -0.2) is 4.68 Å². The average Bonchev–Trinajstić information content (AvgIpc) is 3.58. The zero-order chi connectivity index (χ0) is 26.9. The molecule has 5 rings (SSSR count). The Labute approximate surface area is 228 Å². The van der Waals surface area contributed by atoms with E-state index in [2.05, 4.69) is 4.90 Å². The number of nitrogens with zero attached hydrogens (tertiary/aromatic N) is 3. The molecule has 0 radical (unpaired) electrons. The van der Waals surface area contributed by atoms with Crippen LogP contribution in [0, 0.1) is 0 Å². The number of aromatic nitrogens is 2. The Morgan fingerprint density at radius 1 is 0.872 bits per heavy atom. The zero-order valence-corrected chi connectivity index (χ0v) is 22.0. The van der Waals surface area contributed by atoms with Crippen molar-refractivity contribution in [1.29, 1.82) is 0 Å². The third-order valence-electron chi connectivity index (χ3n) is 6.32. The number of benzene rings is 3. The van der Waals surface area contributed by atoms with Crippen LogP contribution in [-0.2, 0) is 31.5 Å². The summed E-state index contributed by atoms with van der Waals surface area (Å²) in [6, 6.07) is 33.5. The molecule has 0 bridgehead atoms. The molecule has 1 atom stereocenters. The largest absolute Gasteiger partial charge is 0.468 e. The van der Waals surface area contributed by atoms with Crippen LogP contribution < -0.4 is 4.74 Å². The van der Waals surface area contributed by atoms with Gasteiger partial charge in [0.15, 0.2) is 0 Å². The van der Waals surface area contributed by atoms with Crippen molar-refractivity contribution in [3.63, 3.8) is 0 Å². The summed E-state index contributed by atoms with van der Waals surface area (Å²) in [5.74, 6) is 2.19. The molecule has 7 nitrogen and oxygen atoms in total. The Hall–Kier alpha value is -4.17. The van der Waals surface area contributed by atoms with Crippen LogP contribution in [0.25, 0.3) is 11.3 Å². The molecule has 5 aromatic rings. The van der Waals surface area contributed by atoms with E-state index in [4.69, 9.17) is 19.0 Å². The molecule has 39 heavy (non-hydrogen) atoms. The van der Waals surface area contributed by atoms with Crippen LogP contribution in [0.1, 0.15) is 16.9 Å².